The minimum absolute atomic E-state index is 0.0194. The topological polar surface area (TPSA) is 93.5 Å². The molecule has 2 heterocycles. The Hall–Kier alpha value is -3.78. The number of aryl methyl sites for hydroxylation is 1. The molecule has 5 aromatic rings. The fourth-order valence-corrected chi connectivity index (χ4v) is 5.32. The molecule has 1 N–H and O–H groups in total. The Morgan fingerprint density at radius 2 is 1.67 bits per heavy atom. The molecule has 33 heavy (non-hydrogen) atoms. The Bertz CT molecular complexity index is 1480. The van der Waals surface area contributed by atoms with Crippen LogP contribution in [0.1, 0.15) is 23.5 Å². The fourth-order valence-electron chi connectivity index (χ4n) is 3.96. The smallest absolute Gasteiger partial charge is 0.254 e. The zero-order valence-electron chi connectivity index (χ0n) is 17.9. The molecule has 3 aromatic carbocycles. The minimum Gasteiger partial charge on any atom is -0.348 e. The second kappa shape index (κ2) is 8.99. The van der Waals surface area contributed by atoms with E-state index in [1.165, 1.54) is 0 Å². The number of hydrogen-bond acceptors (Lipinski definition) is 5. The average molecular weight is 458 g/mol. The first-order chi connectivity index (χ1) is 16.1. The Balaban J connectivity index is 1.49. The van der Waals surface area contributed by atoms with Crippen LogP contribution in [-0.4, -0.2) is 33.2 Å². The number of imidazole rings is 1. The summed E-state index contributed by atoms with van der Waals surface area (Å²) >= 11 is 0. The molecule has 0 unspecified atom stereocenters. The van der Waals surface area contributed by atoms with Crippen molar-refractivity contribution in [3.8, 4) is 0 Å². The van der Waals surface area contributed by atoms with Crippen LogP contribution < -0.4 is 0 Å². The lowest BCUT2D eigenvalue weighted by Gasteiger charge is -2.11. The Labute approximate surface area is 192 Å². The summed E-state index contributed by atoms with van der Waals surface area (Å²) in [5.74, 6) is 0.629. The quantitative estimate of drug-likeness (QED) is 0.377. The van der Waals surface area contributed by atoms with Crippen molar-refractivity contribution in [3.05, 3.63) is 102 Å². The molecule has 0 radical (unpaired) electrons. The zero-order valence-corrected chi connectivity index (χ0v) is 18.7. The maximum Gasteiger partial charge on any atom is 0.254 e. The Kier molecular flexibility index (Phi) is 5.75. The summed E-state index contributed by atoms with van der Waals surface area (Å²) in [5, 5.41) is 10.7. The maximum absolute atomic E-state index is 13.3. The van der Waals surface area contributed by atoms with Crippen LogP contribution in [0.3, 0.4) is 0 Å². The number of aromatic nitrogens is 5. The molecule has 0 aliphatic rings. The summed E-state index contributed by atoms with van der Waals surface area (Å²) in [5.41, 5.74) is 2.06. The van der Waals surface area contributed by atoms with Crippen LogP contribution in [0.25, 0.3) is 10.8 Å². The highest BCUT2D eigenvalue weighted by Crippen LogP contribution is 2.23. The number of nitrogens with zero attached hydrogens (tertiary/aromatic N) is 4. The summed E-state index contributed by atoms with van der Waals surface area (Å²) in [6, 6.07) is 22.8. The summed E-state index contributed by atoms with van der Waals surface area (Å²) in [7, 11) is -3.79. The lowest BCUT2D eigenvalue weighted by molar-refractivity contribution is 0.538. The molecule has 7 nitrogen and oxygen atoms in total. The van der Waals surface area contributed by atoms with Gasteiger partial charge in [-0.1, -0.05) is 60.7 Å². The maximum atomic E-state index is 13.3. The number of aromatic amines is 1. The first-order valence-corrected chi connectivity index (χ1v) is 12.3. The van der Waals surface area contributed by atoms with E-state index in [0.29, 0.717) is 18.8 Å². The molecule has 0 atom stereocenters. The van der Waals surface area contributed by atoms with E-state index < -0.39 is 9.84 Å². The van der Waals surface area contributed by atoms with Crippen LogP contribution in [0.5, 0.6) is 0 Å². The van der Waals surface area contributed by atoms with Gasteiger partial charge in [0, 0.05) is 24.9 Å². The molecule has 8 heteroatoms. The normalized spacial score (nSPS) is 11.8. The van der Waals surface area contributed by atoms with E-state index in [1.54, 1.807) is 47.4 Å². The molecule has 2 aromatic heterocycles. The van der Waals surface area contributed by atoms with E-state index in [-0.39, 0.29) is 10.1 Å². The van der Waals surface area contributed by atoms with E-state index in [1.807, 2.05) is 12.1 Å². The van der Waals surface area contributed by atoms with Gasteiger partial charge < -0.3 is 9.55 Å². The monoisotopic (exact) mass is 457 g/mol. The average Bonchev–Trinajstić information content (AvgIpc) is 3.50. The van der Waals surface area contributed by atoms with Crippen molar-refractivity contribution in [2.75, 3.05) is 0 Å². The lowest BCUT2D eigenvalue weighted by atomic mass is 10.0. The van der Waals surface area contributed by atoms with Gasteiger partial charge in [0.05, 0.1) is 11.2 Å². The van der Waals surface area contributed by atoms with Crippen LogP contribution in [-0.2, 0) is 29.2 Å². The van der Waals surface area contributed by atoms with Crippen LogP contribution in [0, 0.1) is 0 Å². The van der Waals surface area contributed by atoms with Crippen LogP contribution >= 0.6 is 0 Å². The van der Waals surface area contributed by atoms with Gasteiger partial charge in [-0.15, -0.1) is 10.2 Å². The molecule has 0 spiro atoms. The summed E-state index contributed by atoms with van der Waals surface area (Å²) in [6.45, 7) is 0.482. The number of hydrogen-bond donors (Lipinski definition) is 1. The molecule has 0 aliphatic carbocycles. The summed E-state index contributed by atoms with van der Waals surface area (Å²) < 4.78 is 28.4. The predicted molar refractivity (Wildman–Crippen MR) is 126 cm³/mol. The second-order valence-electron chi connectivity index (χ2n) is 7.91. The number of nitrogens with one attached hydrogen (secondary N) is 1. The number of benzene rings is 3. The van der Waals surface area contributed by atoms with Gasteiger partial charge in [0.1, 0.15) is 5.82 Å². The van der Waals surface area contributed by atoms with Crippen molar-refractivity contribution in [2.24, 2.45) is 0 Å². The van der Waals surface area contributed by atoms with Gasteiger partial charge in [-0.05, 0) is 41.3 Å². The minimum atomic E-state index is -3.79. The van der Waals surface area contributed by atoms with Crippen LogP contribution in [0.15, 0.2) is 95.4 Å². The van der Waals surface area contributed by atoms with Gasteiger partial charge >= 0.3 is 0 Å². The number of sulfone groups is 1. The van der Waals surface area contributed by atoms with Crippen molar-refractivity contribution in [2.45, 2.75) is 35.9 Å². The van der Waals surface area contributed by atoms with Gasteiger partial charge in [0.15, 0.2) is 0 Å². The molecule has 0 saturated heterocycles. The van der Waals surface area contributed by atoms with Gasteiger partial charge in [0.25, 0.3) is 5.16 Å². The van der Waals surface area contributed by atoms with Crippen LogP contribution in [0.2, 0.25) is 0 Å². The number of fused-ring (bicyclic) bond motifs is 1. The van der Waals surface area contributed by atoms with Gasteiger partial charge in [-0.25, -0.2) is 13.4 Å². The van der Waals surface area contributed by atoms with Gasteiger partial charge in [-0.3, -0.25) is 0 Å². The molecular weight excluding hydrogens is 434 g/mol. The van der Waals surface area contributed by atoms with E-state index in [2.05, 4.69) is 50.5 Å². The van der Waals surface area contributed by atoms with Gasteiger partial charge in [0.2, 0.25) is 9.84 Å². The fraction of sp³-hybridized carbons (Fsp3) is 0.160. The van der Waals surface area contributed by atoms with Gasteiger partial charge in [-0.2, -0.15) is 0 Å². The highest BCUT2D eigenvalue weighted by atomic mass is 32.2. The predicted octanol–water partition coefficient (Wildman–Crippen LogP) is 4.21. The highest BCUT2D eigenvalue weighted by Gasteiger charge is 2.26. The summed E-state index contributed by atoms with van der Waals surface area (Å²) in [6.07, 6.45) is 5.39. The van der Waals surface area contributed by atoms with E-state index in [0.717, 1.165) is 34.9 Å². The van der Waals surface area contributed by atoms with Crippen molar-refractivity contribution in [1.82, 2.24) is 24.7 Å². The molecule has 0 bridgehead atoms. The Morgan fingerprint density at radius 3 is 2.45 bits per heavy atom. The zero-order chi connectivity index (χ0) is 22.7. The highest BCUT2D eigenvalue weighted by molar-refractivity contribution is 7.91. The third kappa shape index (κ3) is 4.42. The molecule has 5 rings (SSSR count). The second-order valence-corrected chi connectivity index (χ2v) is 9.75. The molecule has 0 fully saturated rings. The molecule has 0 amide bonds. The third-order valence-corrected chi connectivity index (χ3v) is 7.32. The number of rotatable bonds is 8. The van der Waals surface area contributed by atoms with E-state index in [4.69, 9.17) is 0 Å². The first kappa shape index (κ1) is 21.1. The number of H-pyrrole nitrogens is 1. The summed E-state index contributed by atoms with van der Waals surface area (Å²) in [4.78, 5) is 7.35. The Morgan fingerprint density at radius 1 is 0.879 bits per heavy atom. The molecule has 0 aliphatic heterocycles. The first-order valence-electron chi connectivity index (χ1n) is 10.8. The van der Waals surface area contributed by atoms with Crippen molar-refractivity contribution in [1.29, 1.82) is 0 Å². The molecule has 0 saturated carbocycles. The largest absolute Gasteiger partial charge is 0.348 e. The molecule has 166 valence electrons. The SMILES string of the molecule is O=S(=O)(c1ccccc1)c1nnc(Cc2ccc3ccccc3c2)n1CCCc1cnc[nH]1. The van der Waals surface area contributed by atoms with E-state index >= 15 is 0 Å². The van der Waals surface area contributed by atoms with Crippen LogP contribution in [0.4, 0.5) is 0 Å². The van der Waals surface area contributed by atoms with Crippen molar-refractivity contribution < 1.29 is 8.42 Å². The van der Waals surface area contributed by atoms with Crippen molar-refractivity contribution >= 4 is 20.6 Å². The molecular formula is C25H23N5O2S. The lowest BCUT2D eigenvalue weighted by Crippen LogP contribution is -2.14. The van der Waals surface area contributed by atoms with Crippen molar-refractivity contribution in [3.63, 3.8) is 0 Å². The third-order valence-electron chi connectivity index (χ3n) is 5.65. The van der Waals surface area contributed by atoms with E-state index in [9.17, 15) is 8.42 Å². The standard InChI is InChI=1S/C25H23N5O2S/c31-33(32,23-10-2-1-3-11-23)25-29-28-24(30(25)14-6-9-22-17-26-18-27-22)16-19-12-13-20-7-4-5-8-21(20)15-19/h1-5,7-8,10-13,15,17-18H,6,9,14,16H2,(H,26,27).